The van der Waals surface area contributed by atoms with Gasteiger partial charge in [0.15, 0.2) is 17.3 Å². The van der Waals surface area contributed by atoms with E-state index in [-0.39, 0.29) is 6.79 Å². The molecule has 0 aliphatic carbocycles. The zero-order chi connectivity index (χ0) is 19.5. The van der Waals surface area contributed by atoms with Crippen molar-refractivity contribution in [2.75, 3.05) is 12.2 Å². The van der Waals surface area contributed by atoms with Crippen molar-refractivity contribution in [3.63, 3.8) is 0 Å². The number of nitrogens with zero attached hydrogens (tertiary/aromatic N) is 3. The number of hydrazone groups is 1. The van der Waals surface area contributed by atoms with Crippen molar-refractivity contribution in [3.05, 3.63) is 89.6 Å². The van der Waals surface area contributed by atoms with E-state index in [0.29, 0.717) is 12.2 Å². The van der Waals surface area contributed by atoms with Crippen molar-refractivity contribution in [2.45, 2.75) is 6.42 Å². The van der Waals surface area contributed by atoms with Crippen LogP contribution < -0.4 is 14.9 Å². The predicted molar refractivity (Wildman–Crippen MR) is 113 cm³/mol. The van der Waals surface area contributed by atoms with Gasteiger partial charge in [0.2, 0.25) is 6.79 Å². The Morgan fingerprint density at radius 2 is 1.62 bits per heavy atom. The molecule has 0 bridgehead atoms. The summed E-state index contributed by atoms with van der Waals surface area (Å²) in [6, 6.07) is 23.7. The first-order valence-corrected chi connectivity index (χ1v) is 9.33. The number of ether oxygens (including phenoxy) is 2. The Bertz CT molecular complexity index is 1190. The minimum atomic E-state index is 0.254. The summed E-state index contributed by atoms with van der Waals surface area (Å²) in [5, 5.41) is 4.37. The van der Waals surface area contributed by atoms with Crippen LogP contribution in [0, 0.1) is 0 Å². The second kappa shape index (κ2) is 7.59. The summed E-state index contributed by atoms with van der Waals surface area (Å²) in [7, 11) is 0. The number of para-hydroxylation sites is 2. The molecule has 0 fully saturated rings. The monoisotopic (exact) mass is 382 g/mol. The molecule has 142 valence electrons. The SMILES string of the molecule is C(=N/Nc1nc2ccccc2nc1Cc1ccccc1)/c1ccc2c(c1)OCO2. The van der Waals surface area contributed by atoms with Crippen LogP contribution in [0.3, 0.4) is 0 Å². The van der Waals surface area contributed by atoms with Gasteiger partial charge in [-0.15, -0.1) is 0 Å². The third kappa shape index (κ3) is 3.73. The molecule has 5 rings (SSSR count). The van der Waals surface area contributed by atoms with Gasteiger partial charge in [0.1, 0.15) is 0 Å². The van der Waals surface area contributed by atoms with Crippen molar-refractivity contribution in [2.24, 2.45) is 5.10 Å². The first-order valence-electron chi connectivity index (χ1n) is 9.33. The van der Waals surface area contributed by atoms with Crippen molar-refractivity contribution in [1.82, 2.24) is 9.97 Å². The van der Waals surface area contributed by atoms with Gasteiger partial charge in [0.05, 0.1) is 22.9 Å². The number of anilines is 1. The standard InChI is InChI=1S/C23H18N4O2/c1-2-6-16(7-3-1)12-20-23(26-19-9-5-4-8-18(19)25-20)27-24-14-17-10-11-21-22(13-17)29-15-28-21/h1-11,13-14H,12,15H2,(H,26,27)/b24-14-. The average Bonchev–Trinajstić information content (AvgIpc) is 3.23. The Hall–Kier alpha value is -3.93. The minimum Gasteiger partial charge on any atom is -0.454 e. The molecule has 0 amide bonds. The topological polar surface area (TPSA) is 68.6 Å². The van der Waals surface area contributed by atoms with Crippen LogP contribution in [0.1, 0.15) is 16.8 Å². The Labute approximate surface area is 167 Å². The first-order chi connectivity index (χ1) is 14.3. The van der Waals surface area contributed by atoms with Gasteiger partial charge in [-0.05, 0) is 41.5 Å². The van der Waals surface area contributed by atoms with E-state index in [1.165, 1.54) is 5.56 Å². The molecular weight excluding hydrogens is 364 g/mol. The minimum absolute atomic E-state index is 0.254. The number of nitrogens with one attached hydrogen (secondary N) is 1. The lowest BCUT2D eigenvalue weighted by atomic mass is 10.1. The zero-order valence-corrected chi connectivity index (χ0v) is 15.6. The molecule has 2 heterocycles. The van der Waals surface area contributed by atoms with E-state index >= 15 is 0 Å². The Kier molecular flexibility index (Phi) is 4.50. The quantitative estimate of drug-likeness (QED) is 0.409. The van der Waals surface area contributed by atoms with Crippen molar-refractivity contribution in [1.29, 1.82) is 0 Å². The fraction of sp³-hybridized carbons (Fsp3) is 0.0870. The van der Waals surface area contributed by atoms with Crippen molar-refractivity contribution < 1.29 is 9.47 Å². The number of aromatic nitrogens is 2. The van der Waals surface area contributed by atoms with Gasteiger partial charge in [0.25, 0.3) is 0 Å². The summed E-state index contributed by atoms with van der Waals surface area (Å²) in [5.74, 6) is 2.12. The van der Waals surface area contributed by atoms with Crippen molar-refractivity contribution in [3.8, 4) is 11.5 Å². The van der Waals surface area contributed by atoms with E-state index in [0.717, 1.165) is 33.8 Å². The van der Waals surface area contributed by atoms with Gasteiger partial charge in [-0.25, -0.2) is 9.97 Å². The fourth-order valence-corrected chi connectivity index (χ4v) is 3.20. The third-order valence-electron chi connectivity index (χ3n) is 4.64. The molecule has 3 aromatic carbocycles. The molecule has 0 radical (unpaired) electrons. The second-order valence-corrected chi connectivity index (χ2v) is 6.65. The number of benzene rings is 3. The van der Waals surface area contributed by atoms with E-state index < -0.39 is 0 Å². The molecule has 6 nitrogen and oxygen atoms in total. The van der Waals surface area contributed by atoms with Crippen LogP contribution in [-0.2, 0) is 6.42 Å². The van der Waals surface area contributed by atoms with Crippen LogP contribution in [0.15, 0.2) is 77.9 Å². The molecule has 0 unspecified atom stereocenters. The van der Waals surface area contributed by atoms with Crippen LogP contribution in [0.2, 0.25) is 0 Å². The Morgan fingerprint density at radius 3 is 2.48 bits per heavy atom. The van der Waals surface area contributed by atoms with Crippen LogP contribution in [-0.4, -0.2) is 23.0 Å². The fourth-order valence-electron chi connectivity index (χ4n) is 3.20. The average molecular weight is 382 g/mol. The van der Waals surface area contributed by atoms with E-state index in [4.69, 9.17) is 19.4 Å². The number of rotatable bonds is 5. The molecule has 0 saturated carbocycles. The molecule has 29 heavy (non-hydrogen) atoms. The Balaban J connectivity index is 1.44. The zero-order valence-electron chi connectivity index (χ0n) is 15.6. The highest BCUT2D eigenvalue weighted by molar-refractivity contribution is 5.82. The third-order valence-corrected chi connectivity index (χ3v) is 4.64. The van der Waals surface area contributed by atoms with Gasteiger partial charge in [0, 0.05) is 6.42 Å². The van der Waals surface area contributed by atoms with Gasteiger partial charge in [-0.3, -0.25) is 5.43 Å². The summed E-state index contributed by atoms with van der Waals surface area (Å²) in [6.07, 6.45) is 2.39. The summed E-state index contributed by atoms with van der Waals surface area (Å²) < 4.78 is 10.8. The van der Waals surface area contributed by atoms with Crippen molar-refractivity contribution >= 4 is 23.1 Å². The molecule has 6 heteroatoms. The molecule has 0 spiro atoms. The Morgan fingerprint density at radius 1 is 0.862 bits per heavy atom. The smallest absolute Gasteiger partial charge is 0.231 e. The highest BCUT2D eigenvalue weighted by Crippen LogP contribution is 2.32. The van der Waals surface area contributed by atoms with E-state index in [9.17, 15) is 0 Å². The molecular formula is C23H18N4O2. The molecule has 1 aromatic heterocycles. The summed E-state index contributed by atoms with van der Waals surface area (Å²) in [6.45, 7) is 0.254. The summed E-state index contributed by atoms with van der Waals surface area (Å²) in [5.41, 5.74) is 7.67. The van der Waals surface area contributed by atoms with Gasteiger partial charge < -0.3 is 9.47 Å². The van der Waals surface area contributed by atoms with Crippen LogP contribution in [0.25, 0.3) is 11.0 Å². The highest BCUT2D eigenvalue weighted by atomic mass is 16.7. The van der Waals surface area contributed by atoms with Crippen LogP contribution in [0.4, 0.5) is 5.82 Å². The first kappa shape index (κ1) is 17.2. The molecule has 4 aromatic rings. The van der Waals surface area contributed by atoms with Crippen LogP contribution >= 0.6 is 0 Å². The lowest BCUT2D eigenvalue weighted by Gasteiger charge is -2.09. The molecule has 1 N–H and O–H groups in total. The number of hydrogen-bond donors (Lipinski definition) is 1. The van der Waals surface area contributed by atoms with Crippen LogP contribution in [0.5, 0.6) is 11.5 Å². The second-order valence-electron chi connectivity index (χ2n) is 6.65. The highest BCUT2D eigenvalue weighted by Gasteiger charge is 2.13. The molecule has 0 atom stereocenters. The largest absolute Gasteiger partial charge is 0.454 e. The summed E-state index contributed by atoms with van der Waals surface area (Å²) in [4.78, 5) is 9.54. The van der Waals surface area contributed by atoms with E-state index in [1.54, 1.807) is 6.21 Å². The number of fused-ring (bicyclic) bond motifs is 2. The molecule has 0 saturated heterocycles. The lowest BCUT2D eigenvalue weighted by molar-refractivity contribution is 0.174. The lowest BCUT2D eigenvalue weighted by Crippen LogP contribution is -2.03. The maximum absolute atomic E-state index is 5.41. The van der Waals surface area contributed by atoms with Gasteiger partial charge in [-0.1, -0.05) is 42.5 Å². The van der Waals surface area contributed by atoms with Gasteiger partial charge >= 0.3 is 0 Å². The van der Waals surface area contributed by atoms with Gasteiger partial charge in [-0.2, -0.15) is 5.10 Å². The van der Waals surface area contributed by atoms with E-state index in [2.05, 4.69) is 22.7 Å². The van der Waals surface area contributed by atoms with E-state index in [1.807, 2.05) is 60.7 Å². The predicted octanol–water partition coefficient (Wildman–Crippen LogP) is 4.40. The molecule has 1 aliphatic heterocycles. The normalized spacial score (nSPS) is 12.6. The number of hydrogen-bond acceptors (Lipinski definition) is 6. The maximum Gasteiger partial charge on any atom is 0.231 e. The maximum atomic E-state index is 5.41. The molecule has 1 aliphatic rings. The summed E-state index contributed by atoms with van der Waals surface area (Å²) >= 11 is 0.